The number of Topliss-reactive ketones (excluding diaryl/α,β-unsaturated/α-hetero) is 2. The third-order valence-electron chi connectivity index (χ3n) is 5.14. The standard InChI is InChI=1S/C21H36O5/c1-12(2)7-9-15-19(24)18(16(22)11-14(5)6)20(25)21(15,26)17(23)10-8-13(3)4/h12-15,17,23,25-26H,7-11H2,1-6H3/t15-,17?,21+/m0/s1. The number of rotatable bonds is 10. The van der Waals surface area contributed by atoms with Crippen LogP contribution in [-0.4, -0.2) is 38.6 Å². The molecule has 0 aromatic carbocycles. The van der Waals surface area contributed by atoms with Gasteiger partial charge in [0, 0.05) is 6.42 Å². The molecular weight excluding hydrogens is 332 g/mol. The zero-order chi connectivity index (χ0) is 20.2. The molecule has 0 fully saturated rings. The quantitative estimate of drug-likeness (QED) is 0.512. The highest BCUT2D eigenvalue weighted by molar-refractivity contribution is 6.23. The lowest BCUT2D eigenvalue weighted by Crippen LogP contribution is -2.49. The van der Waals surface area contributed by atoms with Gasteiger partial charge in [-0.3, -0.25) is 9.59 Å². The van der Waals surface area contributed by atoms with Crippen LogP contribution in [0.4, 0.5) is 0 Å². The molecule has 0 saturated heterocycles. The van der Waals surface area contributed by atoms with Crippen LogP contribution in [0.25, 0.3) is 0 Å². The van der Waals surface area contributed by atoms with Gasteiger partial charge in [-0.2, -0.15) is 0 Å². The summed E-state index contributed by atoms with van der Waals surface area (Å²) in [5.74, 6) is -1.94. The summed E-state index contributed by atoms with van der Waals surface area (Å²) in [4.78, 5) is 25.4. The molecule has 0 aromatic heterocycles. The fourth-order valence-electron chi connectivity index (χ4n) is 3.55. The number of carbonyl (C=O) groups excluding carboxylic acids is 2. The van der Waals surface area contributed by atoms with Crippen molar-refractivity contribution >= 4 is 11.6 Å². The van der Waals surface area contributed by atoms with Crippen molar-refractivity contribution in [3.63, 3.8) is 0 Å². The van der Waals surface area contributed by atoms with Gasteiger partial charge in [-0.15, -0.1) is 0 Å². The maximum Gasteiger partial charge on any atom is 0.176 e. The molecule has 0 saturated carbocycles. The molecule has 150 valence electrons. The van der Waals surface area contributed by atoms with E-state index in [1.807, 2.05) is 41.5 Å². The Hall–Kier alpha value is -1.20. The molecule has 0 heterocycles. The van der Waals surface area contributed by atoms with E-state index >= 15 is 0 Å². The summed E-state index contributed by atoms with van der Waals surface area (Å²) < 4.78 is 0. The lowest BCUT2D eigenvalue weighted by atomic mass is 9.78. The normalized spacial score (nSPS) is 25.0. The van der Waals surface area contributed by atoms with E-state index in [-0.39, 0.29) is 24.3 Å². The van der Waals surface area contributed by atoms with Crippen LogP contribution in [0, 0.1) is 23.7 Å². The first-order chi connectivity index (χ1) is 11.9. The summed E-state index contributed by atoms with van der Waals surface area (Å²) in [6.45, 7) is 11.7. The monoisotopic (exact) mass is 368 g/mol. The van der Waals surface area contributed by atoms with Crippen molar-refractivity contribution in [1.82, 2.24) is 0 Å². The Bertz CT molecular complexity index is 547. The van der Waals surface area contributed by atoms with E-state index in [1.165, 1.54) is 0 Å². The molecule has 5 nitrogen and oxygen atoms in total. The zero-order valence-electron chi connectivity index (χ0n) is 17.1. The summed E-state index contributed by atoms with van der Waals surface area (Å²) in [6.07, 6.45) is 0.741. The first kappa shape index (κ1) is 22.8. The average Bonchev–Trinajstić information content (AvgIpc) is 2.69. The van der Waals surface area contributed by atoms with E-state index in [9.17, 15) is 24.9 Å². The molecule has 0 aromatic rings. The summed E-state index contributed by atoms with van der Waals surface area (Å²) in [7, 11) is 0. The summed E-state index contributed by atoms with van der Waals surface area (Å²) in [5, 5.41) is 32.5. The lowest BCUT2D eigenvalue weighted by molar-refractivity contribution is -0.137. The molecule has 0 spiro atoms. The summed E-state index contributed by atoms with van der Waals surface area (Å²) >= 11 is 0. The topological polar surface area (TPSA) is 94.8 Å². The van der Waals surface area contributed by atoms with Crippen molar-refractivity contribution in [2.45, 2.75) is 85.4 Å². The van der Waals surface area contributed by atoms with Crippen LogP contribution in [-0.2, 0) is 9.59 Å². The van der Waals surface area contributed by atoms with E-state index in [0.29, 0.717) is 31.1 Å². The molecule has 0 aliphatic heterocycles. The molecular formula is C21H36O5. The van der Waals surface area contributed by atoms with Gasteiger partial charge < -0.3 is 15.3 Å². The molecule has 0 amide bonds. The zero-order valence-corrected chi connectivity index (χ0v) is 17.1. The number of hydrogen-bond donors (Lipinski definition) is 3. The van der Waals surface area contributed by atoms with Crippen molar-refractivity contribution in [2.24, 2.45) is 23.7 Å². The van der Waals surface area contributed by atoms with Gasteiger partial charge in [0.15, 0.2) is 17.2 Å². The molecule has 1 aliphatic carbocycles. The third kappa shape index (κ3) is 4.95. The Balaban J connectivity index is 3.24. The Morgan fingerprint density at radius 1 is 1.00 bits per heavy atom. The first-order valence-corrected chi connectivity index (χ1v) is 9.84. The van der Waals surface area contributed by atoms with Gasteiger partial charge in [-0.25, -0.2) is 0 Å². The number of aliphatic hydroxyl groups excluding tert-OH is 2. The number of aliphatic hydroxyl groups is 3. The van der Waals surface area contributed by atoms with E-state index in [2.05, 4.69) is 0 Å². The van der Waals surface area contributed by atoms with Gasteiger partial charge in [0.1, 0.15) is 11.3 Å². The Morgan fingerprint density at radius 3 is 2.00 bits per heavy atom. The van der Waals surface area contributed by atoms with Crippen molar-refractivity contribution in [2.75, 3.05) is 0 Å². The Kier molecular flexibility index (Phi) is 8.03. The van der Waals surface area contributed by atoms with Crippen LogP contribution in [0.5, 0.6) is 0 Å². The number of hydrogen-bond acceptors (Lipinski definition) is 5. The van der Waals surface area contributed by atoms with Gasteiger partial charge in [-0.05, 0) is 37.0 Å². The fourth-order valence-corrected chi connectivity index (χ4v) is 3.55. The predicted molar refractivity (Wildman–Crippen MR) is 102 cm³/mol. The van der Waals surface area contributed by atoms with Crippen molar-refractivity contribution in [3.8, 4) is 0 Å². The minimum atomic E-state index is -2.07. The van der Waals surface area contributed by atoms with Crippen LogP contribution in [0.3, 0.4) is 0 Å². The van der Waals surface area contributed by atoms with Crippen LogP contribution in [0.15, 0.2) is 11.3 Å². The minimum absolute atomic E-state index is 0.0317. The molecule has 26 heavy (non-hydrogen) atoms. The largest absolute Gasteiger partial charge is 0.508 e. The molecule has 0 radical (unpaired) electrons. The highest BCUT2D eigenvalue weighted by Crippen LogP contribution is 2.44. The van der Waals surface area contributed by atoms with Crippen LogP contribution < -0.4 is 0 Å². The Labute approximate surface area is 157 Å². The number of ketones is 2. The van der Waals surface area contributed by atoms with Crippen LogP contribution in [0.2, 0.25) is 0 Å². The van der Waals surface area contributed by atoms with Gasteiger partial charge in [-0.1, -0.05) is 48.0 Å². The fraction of sp³-hybridized carbons (Fsp3) is 0.810. The molecule has 1 unspecified atom stereocenters. The smallest absolute Gasteiger partial charge is 0.176 e. The van der Waals surface area contributed by atoms with E-state index in [1.54, 1.807) is 0 Å². The second-order valence-electron chi connectivity index (χ2n) is 8.95. The van der Waals surface area contributed by atoms with E-state index < -0.39 is 34.9 Å². The number of carbonyl (C=O) groups is 2. The molecule has 0 bridgehead atoms. The molecule has 3 atom stereocenters. The summed E-state index contributed by atoms with van der Waals surface area (Å²) in [5.41, 5.74) is -2.37. The number of allylic oxidation sites excluding steroid dienone is 1. The van der Waals surface area contributed by atoms with E-state index in [0.717, 1.165) is 0 Å². The highest BCUT2D eigenvalue weighted by Gasteiger charge is 2.58. The minimum Gasteiger partial charge on any atom is -0.508 e. The molecule has 1 rings (SSSR count). The second kappa shape index (κ2) is 9.14. The highest BCUT2D eigenvalue weighted by atomic mass is 16.4. The molecule has 3 N–H and O–H groups in total. The first-order valence-electron chi connectivity index (χ1n) is 9.84. The Morgan fingerprint density at radius 2 is 1.54 bits per heavy atom. The van der Waals surface area contributed by atoms with Crippen molar-refractivity contribution in [3.05, 3.63) is 11.3 Å². The van der Waals surface area contributed by atoms with Crippen molar-refractivity contribution in [1.29, 1.82) is 0 Å². The van der Waals surface area contributed by atoms with Crippen LogP contribution >= 0.6 is 0 Å². The summed E-state index contributed by atoms with van der Waals surface area (Å²) in [6, 6.07) is 0. The molecule has 5 heteroatoms. The molecule has 1 aliphatic rings. The lowest BCUT2D eigenvalue weighted by Gasteiger charge is -2.34. The maximum absolute atomic E-state index is 12.9. The predicted octanol–water partition coefficient (Wildman–Crippen LogP) is 3.58. The maximum atomic E-state index is 12.9. The third-order valence-corrected chi connectivity index (χ3v) is 5.14. The van der Waals surface area contributed by atoms with E-state index in [4.69, 9.17) is 0 Å². The second-order valence-corrected chi connectivity index (χ2v) is 8.95. The van der Waals surface area contributed by atoms with Gasteiger partial charge >= 0.3 is 0 Å². The van der Waals surface area contributed by atoms with Crippen molar-refractivity contribution < 1.29 is 24.9 Å². The SMILES string of the molecule is CC(C)CCC(O)[C@@]1(O)C(O)=C(C(=O)CC(C)C)C(=O)[C@@H]1CCC(C)C. The average molecular weight is 369 g/mol. The van der Waals surface area contributed by atoms with Gasteiger partial charge in [0.05, 0.1) is 12.0 Å². The van der Waals surface area contributed by atoms with Crippen LogP contribution in [0.1, 0.15) is 73.6 Å². The van der Waals surface area contributed by atoms with Gasteiger partial charge in [0.25, 0.3) is 0 Å². The van der Waals surface area contributed by atoms with Gasteiger partial charge in [0.2, 0.25) is 0 Å².